The smallest absolute Gasteiger partial charge is 0.255 e. The fourth-order valence-electron chi connectivity index (χ4n) is 1.71. The summed E-state index contributed by atoms with van der Waals surface area (Å²) >= 11 is 8.11. The maximum Gasteiger partial charge on any atom is 0.255 e. The van der Waals surface area contributed by atoms with Gasteiger partial charge in [0.15, 0.2) is 0 Å². The van der Waals surface area contributed by atoms with Gasteiger partial charge in [0.1, 0.15) is 5.75 Å². The topological polar surface area (TPSA) is 67.4 Å². The Labute approximate surface area is 149 Å². The molecule has 1 aromatic rings. The molecule has 22 heavy (non-hydrogen) atoms. The van der Waals surface area contributed by atoms with E-state index in [4.69, 9.17) is 16.3 Å². The summed E-state index contributed by atoms with van der Waals surface area (Å²) in [5.74, 6) is 0.0594. The molecule has 0 spiro atoms. The third-order valence-corrected chi connectivity index (χ3v) is 4.67. The molecule has 0 aromatic heterocycles. The molecule has 0 bridgehead atoms. The van der Waals surface area contributed by atoms with E-state index >= 15 is 0 Å². The molecule has 1 unspecified atom stereocenters. The van der Waals surface area contributed by atoms with Gasteiger partial charge in [-0.3, -0.25) is 9.59 Å². The third-order valence-electron chi connectivity index (χ3n) is 3.14. The molecule has 1 rings (SSSR count). The third kappa shape index (κ3) is 5.64. The average molecular weight is 439 g/mol. The van der Waals surface area contributed by atoms with Gasteiger partial charge in [-0.05, 0) is 48.1 Å². The molecule has 2 amide bonds. The molecule has 0 heterocycles. The Hall–Kier alpha value is -1.02. The number of hydrogen-bond donors (Lipinski definition) is 2. The van der Waals surface area contributed by atoms with Gasteiger partial charge in [-0.15, -0.1) is 0 Å². The van der Waals surface area contributed by atoms with Crippen LogP contribution in [0.1, 0.15) is 37.0 Å². The Kier molecular flexibility index (Phi) is 7.95. The number of methoxy groups -OCH3 is 1. The van der Waals surface area contributed by atoms with Crippen LogP contribution in [0.3, 0.4) is 0 Å². The number of nitrogens with one attached hydrogen (secondary N) is 2. The second-order valence-corrected chi connectivity index (χ2v) is 6.42. The number of amides is 2. The van der Waals surface area contributed by atoms with Gasteiger partial charge >= 0.3 is 0 Å². The van der Waals surface area contributed by atoms with Gasteiger partial charge in [0.2, 0.25) is 5.91 Å². The average Bonchev–Trinajstić information content (AvgIpc) is 2.49. The maximum atomic E-state index is 12.2. The Morgan fingerprint density at radius 1 is 1.41 bits per heavy atom. The minimum atomic E-state index is -0.313. The Balaban J connectivity index is 2.59. The van der Waals surface area contributed by atoms with Crippen LogP contribution in [0.15, 0.2) is 12.1 Å². The summed E-state index contributed by atoms with van der Waals surface area (Å²) in [6.07, 6.45) is 1.10. The van der Waals surface area contributed by atoms with Crippen molar-refractivity contribution in [3.8, 4) is 5.75 Å². The van der Waals surface area contributed by atoms with Crippen molar-refractivity contribution in [2.24, 2.45) is 0 Å². The van der Waals surface area contributed by atoms with Crippen molar-refractivity contribution < 1.29 is 14.3 Å². The van der Waals surface area contributed by atoms with Crippen molar-refractivity contribution in [1.29, 1.82) is 0 Å². The number of halogens is 2. The van der Waals surface area contributed by atoms with E-state index in [0.717, 1.165) is 9.99 Å². The second-order valence-electron chi connectivity index (χ2n) is 4.85. The number of rotatable bonds is 7. The molecule has 0 radical (unpaired) electrons. The van der Waals surface area contributed by atoms with Gasteiger partial charge in [0.25, 0.3) is 5.91 Å². The largest absolute Gasteiger partial charge is 0.496 e. The molecular formula is C15H20ClIN2O3. The molecule has 2 N–H and O–H groups in total. The lowest BCUT2D eigenvalue weighted by atomic mass is 10.2. The van der Waals surface area contributed by atoms with Crippen molar-refractivity contribution >= 4 is 46.0 Å². The predicted octanol–water partition coefficient (Wildman–Crippen LogP) is 2.99. The summed E-state index contributed by atoms with van der Waals surface area (Å²) in [6, 6.07) is 3.41. The zero-order chi connectivity index (χ0) is 16.7. The molecule has 0 saturated carbocycles. The number of benzene rings is 1. The fourth-order valence-corrected chi connectivity index (χ4v) is 2.31. The van der Waals surface area contributed by atoms with Crippen molar-refractivity contribution in [3.05, 3.63) is 26.3 Å². The summed E-state index contributed by atoms with van der Waals surface area (Å²) in [6.45, 7) is 4.20. The minimum Gasteiger partial charge on any atom is -0.496 e. The SMILES string of the molecule is CCC(C)NC(=O)CCNC(=O)c1cc(Cl)c(I)cc1OC. The van der Waals surface area contributed by atoms with Crippen LogP contribution in [0.2, 0.25) is 5.02 Å². The van der Waals surface area contributed by atoms with Crippen LogP contribution < -0.4 is 15.4 Å². The minimum absolute atomic E-state index is 0.0812. The highest BCUT2D eigenvalue weighted by atomic mass is 127. The Morgan fingerprint density at radius 2 is 2.09 bits per heavy atom. The van der Waals surface area contributed by atoms with E-state index in [2.05, 4.69) is 33.2 Å². The quantitative estimate of drug-likeness (QED) is 0.643. The van der Waals surface area contributed by atoms with Crippen LogP contribution in [0.4, 0.5) is 0 Å². The van der Waals surface area contributed by atoms with Crippen LogP contribution in [0.25, 0.3) is 0 Å². The molecule has 0 fully saturated rings. The molecule has 0 saturated heterocycles. The number of carbonyl (C=O) groups is 2. The van der Waals surface area contributed by atoms with E-state index in [9.17, 15) is 9.59 Å². The number of carbonyl (C=O) groups excluding carboxylic acids is 2. The van der Waals surface area contributed by atoms with Gasteiger partial charge in [-0.1, -0.05) is 18.5 Å². The maximum absolute atomic E-state index is 12.2. The van der Waals surface area contributed by atoms with Crippen LogP contribution in [-0.2, 0) is 4.79 Å². The summed E-state index contributed by atoms with van der Waals surface area (Å²) < 4.78 is 6.00. The molecule has 0 aliphatic heterocycles. The van der Waals surface area contributed by atoms with Crippen LogP contribution in [0, 0.1) is 3.57 Å². The van der Waals surface area contributed by atoms with Gasteiger partial charge in [-0.2, -0.15) is 0 Å². The number of hydrogen-bond acceptors (Lipinski definition) is 3. The van der Waals surface area contributed by atoms with Gasteiger partial charge in [0.05, 0.1) is 17.7 Å². The zero-order valence-corrected chi connectivity index (χ0v) is 15.7. The van der Waals surface area contributed by atoms with Crippen LogP contribution in [0.5, 0.6) is 5.75 Å². The lowest BCUT2D eigenvalue weighted by molar-refractivity contribution is -0.121. The zero-order valence-electron chi connectivity index (χ0n) is 12.8. The van der Waals surface area contributed by atoms with Crippen molar-refractivity contribution in [2.45, 2.75) is 32.7 Å². The monoisotopic (exact) mass is 438 g/mol. The molecule has 5 nitrogen and oxygen atoms in total. The van der Waals surface area contributed by atoms with E-state index < -0.39 is 0 Å². The molecule has 1 atom stereocenters. The van der Waals surface area contributed by atoms with Gasteiger partial charge in [0, 0.05) is 22.6 Å². The van der Waals surface area contributed by atoms with Crippen LogP contribution >= 0.6 is 34.2 Å². The molecule has 122 valence electrons. The van der Waals surface area contributed by atoms with Crippen molar-refractivity contribution in [2.75, 3.05) is 13.7 Å². The van der Waals surface area contributed by atoms with Crippen molar-refractivity contribution in [1.82, 2.24) is 10.6 Å². The lowest BCUT2D eigenvalue weighted by Crippen LogP contribution is -2.35. The van der Waals surface area contributed by atoms with Gasteiger partial charge < -0.3 is 15.4 Å². The Bertz CT molecular complexity index is 552. The highest BCUT2D eigenvalue weighted by Gasteiger charge is 2.15. The summed E-state index contributed by atoms with van der Waals surface area (Å²) in [7, 11) is 1.50. The first-order valence-electron chi connectivity index (χ1n) is 6.99. The first kappa shape index (κ1) is 19.0. The van der Waals surface area contributed by atoms with E-state index in [1.165, 1.54) is 7.11 Å². The predicted molar refractivity (Wildman–Crippen MR) is 95.6 cm³/mol. The molecule has 1 aromatic carbocycles. The van der Waals surface area contributed by atoms with E-state index in [0.29, 0.717) is 16.3 Å². The first-order chi connectivity index (χ1) is 10.4. The molecule has 7 heteroatoms. The van der Waals surface area contributed by atoms with E-state index in [1.807, 2.05) is 13.8 Å². The van der Waals surface area contributed by atoms with Crippen molar-refractivity contribution in [3.63, 3.8) is 0 Å². The van der Waals surface area contributed by atoms with E-state index in [-0.39, 0.29) is 30.8 Å². The number of ether oxygens (including phenoxy) is 1. The standard InChI is InChI=1S/C15H20ClIN2O3/c1-4-9(2)19-14(20)5-6-18-15(21)10-7-11(16)12(17)8-13(10)22-3/h7-9H,4-6H2,1-3H3,(H,18,21)(H,19,20). The highest BCUT2D eigenvalue weighted by molar-refractivity contribution is 14.1. The lowest BCUT2D eigenvalue weighted by Gasteiger charge is -2.13. The summed E-state index contributed by atoms with van der Waals surface area (Å²) in [4.78, 5) is 23.8. The molecular weight excluding hydrogens is 419 g/mol. The van der Waals surface area contributed by atoms with Crippen LogP contribution in [-0.4, -0.2) is 31.5 Å². The van der Waals surface area contributed by atoms with Gasteiger partial charge in [-0.25, -0.2) is 0 Å². The highest BCUT2D eigenvalue weighted by Crippen LogP contribution is 2.28. The first-order valence-corrected chi connectivity index (χ1v) is 8.45. The molecule has 0 aliphatic rings. The fraction of sp³-hybridized carbons (Fsp3) is 0.467. The molecule has 0 aliphatic carbocycles. The summed E-state index contributed by atoms with van der Waals surface area (Å²) in [5, 5.41) is 6.03. The second kappa shape index (κ2) is 9.19. The normalized spacial score (nSPS) is 11.7. The van der Waals surface area contributed by atoms with E-state index in [1.54, 1.807) is 12.1 Å². The Morgan fingerprint density at radius 3 is 2.68 bits per heavy atom. The summed E-state index contributed by atoms with van der Waals surface area (Å²) in [5.41, 5.74) is 0.357.